The molecular weight excluding hydrogens is 344 g/mol. The molecule has 3 aliphatic carbocycles. The third-order valence-electron chi connectivity index (χ3n) is 8.13. The molecule has 154 valence electrons. The number of allylic oxidation sites excluding steroid dienone is 1. The second kappa shape index (κ2) is 7.84. The van der Waals surface area contributed by atoms with Crippen LogP contribution in [0.15, 0.2) is 29.8 Å². The zero-order chi connectivity index (χ0) is 19.9. The molecule has 2 fully saturated rings. The maximum absolute atomic E-state index is 9.93. The Hall–Kier alpha value is -1.32. The molecule has 3 heteroatoms. The number of hydrogen-bond acceptors (Lipinski definition) is 3. The molecule has 0 saturated heterocycles. The minimum absolute atomic E-state index is 0.396. The number of phenols is 1. The van der Waals surface area contributed by atoms with Gasteiger partial charge in [-0.1, -0.05) is 31.6 Å². The van der Waals surface area contributed by atoms with E-state index in [1.165, 1.54) is 36.8 Å². The summed E-state index contributed by atoms with van der Waals surface area (Å²) in [6.07, 6.45) is 8.91. The summed E-state index contributed by atoms with van der Waals surface area (Å²) < 4.78 is 0. The molecule has 3 aliphatic rings. The SMILES string of the molecule is CC1Cc2cc(O)ccc2C2CCC3(C)/C(=C/CNCCN(C)C)CCC3C12. The Labute approximate surface area is 171 Å². The third-order valence-corrected chi connectivity index (χ3v) is 8.13. The summed E-state index contributed by atoms with van der Waals surface area (Å²) in [6, 6.07) is 6.14. The van der Waals surface area contributed by atoms with E-state index in [4.69, 9.17) is 0 Å². The minimum atomic E-state index is 0.396. The summed E-state index contributed by atoms with van der Waals surface area (Å²) in [5.41, 5.74) is 5.05. The van der Waals surface area contributed by atoms with Gasteiger partial charge in [0.05, 0.1) is 0 Å². The number of nitrogens with zero attached hydrogens (tertiary/aromatic N) is 1. The maximum atomic E-state index is 9.93. The van der Waals surface area contributed by atoms with Gasteiger partial charge in [0.1, 0.15) is 5.75 Å². The molecule has 4 rings (SSSR count). The van der Waals surface area contributed by atoms with E-state index in [1.54, 1.807) is 5.57 Å². The molecule has 0 aromatic heterocycles. The van der Waals surface area contributed by atoms with Crippen molar-refractivity contribution in [3.63, 3.8) is 0 Å². The van der Waals surface area contributed by atoms with Crippen molar-refractivity contribution < 1.29 is 5.11 Å². The standard InChI is InChI=1S/C25H38N2O/c1-17-15-18-16-20(28)6-7-21(18)22-9-11-25(2)19(5-8-23(25)24(17)22)10-12-26-13-14-27(3)4/h6-7,10,16-17,22-24,26,28H,5,8-9,11-15H2,1-4H3/b19-10+. The lowest BCUT2D eigenvalue weighted by molar-refractivity contribution is 0.0489. The van der Waals surface area contributed by atoms with Crippen LogP contribution in [-0.4, -0.2) is 43.7 Å². The van der Waals surface area contributed by atoms with Crippen LogP contribution >= 0.6 is 0 Å². The van der Waals surface area contributed by atoms with Crippen LogP contribution in [0.2, 0.25) is 0 Å². The molecule has 5 atom stereocenters. The van der Waals surface area contributed by atoms with Gasteiger partial charge in [0.2, 0.25) is 0 Å². The molecule has 0 aliphatic heterocycles. The van der Waals surface area contributed by atoms with Gasteiger partial charge in [0.25, 0.3) is 0 Å². The Kier molecular flexibility index (Phi) is 5.59. The van der Waals surface area contributed by atoms with Crippen molar-refractivity contribution in [2.45, 2.75) is 51.9 Å². The maximum Gasteiger partial charge on any atom is 0.115 e. The van der Waals surface area contributed by atoms with Crippen molar-refractivity contribution >= 4 is 0 Å². The lowest BCUT2D eigenvalue weighted by Crippen LogP contribution is -2.43. The van der Waals surface area contributed by atoms with Crippen LogP contribution < -0.4 is 5.32 Å². The van der Waals surface area contributed by atoms with E-state index >= 15 is 0 Å². The monoisotopic (exact) mass is 382 g/mol. The molecule has 0 bridgehead atoms. The Morgan fingerprint density at radius 2 is 2.11 bits per heavy atom. The van der Waals surface area contributed by atoms with Crippen LogP contribution in [0.25, 0.3) is 0 Å². The van der Waals surface area contributed by atoms with Crippen molar-refractivity contribution in [3.8, 4) is 5.75 Å². The Bertz CT molecular complexity index is 740. The van der Waals surface area contributed by atoms with Gasteiger partial charge < -0.3 is 15.3 Å². The summed E-state index contributed by atoms with van der Waals surface area (Å²) in [5, 5.41) is 13.5. The largest absolute Gasteiger partial charge is 0.508 e. The van der Waals surface area contributed by atoms with Crippen LogP contribution in [0.1, 0.15) is 56.6 Å². The normalized spacial score (nSPS) is 35.7. The highest BCUT2D eigenvalue weighted by atomic mass is 16.3. The van der Waals surface area contributed by atoms with Crippen LogP contribution in [0.3, 0.4) is 0 Å². The van der Waals surface area contributed by atoms with E-state index in [2.05, 4.69) is 50.3 Å². The van der Waals surface area contributed by atoms with E-state index in [9.17, 15) is 5.11 Å². The first-order valence-electron chi connectivity index (χ1n) is 11.3. The minimum Gasteiger partial charge on any atom is -0.508 e. The molecule has 0 spiro atoms. The van der Waals surface area contributed by atoms with E-state index in [0.29, 0.717) is 23.0 Å². The van der Waals surface area contributed by atoms with Crippen molar-refractivity contribution in [2.24, 2.45) is 23.2 Å². The topological polar surface area (TPSA) is 35.5 Å². The number of benzene rings is 1. The van der Waals surface area contributed by atoms with Crippen LogP contribution in [0, 0.1) is 23.2 Å². The van der Waals surface area contributed by atoms with Crippen molar-refractivity contribution in [2.75, 3.05) is 33.7 Å². The van der Waals surface area contributed by atoms with Gasteiger partial charge >= 0.3 is 0 Å². The Balaban J connectivity index is 1.50. The number of fused-ring (bicyclic) bond motifs is 5. The molecule has 1 aromatic rings. The first-order chi connectivity index (χ1) is 13.4. The average molecular weight is 383 g/mol. The fourth-order valence-corrected chi connectivity index (χ4v) is 6.75. The number of rotatable bonds is 5. The van der Waals surface area contributed by atoms with E-state index in [-0.39, 0.29) is 0 Å². The van der Waals surface area contributed by atoms with E-state index in [1.807, 2.05) is 12.1 Å². The predicted molar refractivity (Wildman–Crippen MR) is 117 cm³/mol. The zero-order valence-corrected chi connectivity index (χ0v) is 18.2. The summed E-state index contributed by atoms with van der Waals surface area (Å²) in [5.74, 6) is 3.44. The molecule has 2 N–H and O–H groups in total. The van der Waals surface area contributed by atoms with Crippen LogP contribution in [0.4, 0.5) is 0 Å². The van der Waals surface area contributed by atoms with Gasteiger partial charge in [-0.25, -0.2) is 0 Å². The summed E-state index contributed by atoms with van der Waals surface area (Å²) in [7, 11) is 4.26. The summed E-state index contributed by atoms with van der Waals surface area (Å²) in [6.45, 7) is 8.19. The predicted octanol–water partition coefficient (Wildman–Crippen LogP) is 4.57. The third kappa shape index (κ3) is 3.52. The average Bonchev–Trinajstić information content (AvgIpc) is 2.97. The Morgan fingerprint density at radius 3 is 2.89 bits per heavy atom. The van der Waals surface area contributed by atoms with Crippen LogP contribution in [0.5, 0.6) is 5.75 Å². The highest BCUT2D eigenvalue weighted by Gasteiger charge is 2.54. The summed E-state index contributed by atoms with van der Waals surface area (Å²) in [4.78, 5) is 2.23. The van der Waals surface area contributed by atoms with E-state index < -0.39 is 0 Å². The number of nitrogens with one attached hydrogen (secondary N) is 1. The van der Waals surface area contributed by atoms with E-state index in [0.717, 1.165) is 37.9 Å². The molecule has 1 aromatic carbocycles. The second-order valence-corrected chi connectivity index (χ2v) is 10.1. The second-order valence-electron chi connectivity index (χ2n) is 10.1. The first-order valence-corrected chi connectivity index (χ1v) is 11.3. The number of likely N-dealkylation sites (N-methyl/N-ethyl adjacent to an activating group) is 1. The smallest absolute Gasteiger partial charge is 0.115 e. The quantitative estimate of drug-likeness (QED) is 0.578. The summed E-state index contributed by atoms with van der Waals surface area (Å²) >= 11 is 0. The van der Waals surface area contributed by atoms with Gasteiger partial charge in [0, 0.05) is 19.6 Å². The lowest BCUT2D eigenvalue weighted by atomic mass is 9.52. The number of hydrogen-bond donors (Lipinski definition) is 2. The van der Waals surface area contributed by atoms with Gasteiger partial charge in [-0.2, -0.15) is 0 Å². The molecule has 0 amide bonds. The van der Waals surface area contributed by atoms with Crippen molar-refractivity contribution in [1.29, 1.82) is 0 Å². The molecule has 3 nitrogen and oxygen atoms in total. The lowest BCUT2D eigenvalue weighted by Gasteiger charge is -2.52. The molecule has 0 radical (unpaired) electrons. The van der Waals surface area contributed by atoms with Gasteiger partial charge in [-0.15, -0.1) is 0 Å². The molecule has 5 unspecified atom stereocenters. The van der Waals surface area contributed by atoms with Gasteiger partial charge in [-0.05, 0) is 98.5 Å². The molecule has 28 heavy (non-hydrogen) atoms. The Morgan fingerprint density at radius 1 is 1.29 bits per heavy atom. The molecular formula is C25H38N2O. The number of phenolic OH excluding ortho intramolecular Hbond substituents is 1. The molecule has 2 saturated carbocycles. The fourth-order valence-electron chi connectivity index (χ4n) is 6.75. The number of aromatic hydroxyl groups is 1. The highest BCUT2D eigenvalue weighted by molar-refractivity contribution is 5.41. The van der Waals surface area contributed by atoms with Crippen LogP contribution in [-0.2, 0) is 6.42 Å². The highest BCUT2D eigenvalue weighted by Crippen LogP contribution is 2.63. The van der Waals surface area contributed by atoms with Crippen molar-refractivity contribution in [3.05, 3.63) is 41.0 Å². The zero-order valence-electron chi connectivity index (χ0n) is 18.2. The fraction of sp³-hybridized carbons (Fsp3) is 0.680. The van der Waals surface area contributed by atoms with Crippen molar-refractivity contribution in [1.82, 2.24) is 10.2 Å². The van der Waals surface area contributed by atoms with Gasteiger partial charge in [-0.3, -0.25) is 0 Å². The first kappa shape index (κ1) is 20.0. The van der Waals surface area contributed by atoms with Gasteiger partial charge in [0.15, 0.2) is 0 Å². The molecule has 0 heterocycles.